The Labute approximate surface area is 93.0 Å². The van der Waals surface area contributed by atoms with Gasteiger partial charge in [-0.3, -0.25) is 14.3 Å². The lowest BCUT2D eigenvalue weighted by atomic mass is 10.4. The zero-order valence-electron chi connectivity index (χ0n) is 9.06. The van der Waals surface area contributed by atoms with Crippen LogP contribution in [0, 0.1) is 0 Å². The van der Waals surface area contributed by atoms with E-state index in [4.69, 9.17) is 5.73 Å². The highest BCUT2D eigenvalue weighted by molar-refractivity contribution is 5.85. The van der Waals surface area contributed by atoms with Crippen LogP contribution in [0.2, 0.25) is 0 Å². The van der Waals surface area contributed by atoms with E-state index in [1.807, 2.05) is 0 Å². The lowest BCUT2D eigenvalue weighted by Crippen LogP contribution is -2.39. The van der Waals surface area contributed by atoms with Crippen LogP contribution >= 0.6 is 0 Å². The molecule has 0 saturated heterocycles. The Balaban J connectivity index is 2.25. The summed E-state index contributed by atoms with van der Waals surface area (Å²) in [6.45, 7) is 0.205. The van der Waals surface area contributed by atoms with Gasteiger partial charge in [0.15, 0.2) is 0 Å². The van der Waals surface area contributed by atoms with Gasteiger partial charge in [-0.05, 0) is 6.07 Å². The third kappa shape index (κ3) is 3.70. The number of hydrogen-bond donors (Lipinski definition) is 3. The van der Waals surface area contributed by atoms with Gasteiger partial charge in [0.1, 0.15) is 0 Å². The Bertz CT molecular complexity index is 374. The van der Waals surface area contributed by atoms with E-state index in [1.165, 1.54) is 0 Å². The molecule has 0 atom stereocenters. The number of carbonyl (C=O) groups excluding carboxylic acids is 2. The summed E-state index contributed by atoms with van der Waals surface area (Å²) in [7, 11) is 1.79. The molecular formula is C9H15N5O2. The summed E-state index contributed by atoms with van der Waals surface area (Å²) >= 11 is 0. The molecule has 7 nitrogen and oxygen atoms in total. The highest BCUT2D eigenvalue weighted by Gasteiger charge is 2.04. The van der Waals surface area contributed by atoms with Crippen molar-refractivity contribution in [3.05, 3.63) is 18.0 Å². The van der Waals surface area contributed by atoms with E-state index in [0.29, 0.717) is 6.54 Å². The van der Waals surface area contributed by atoms with Gasteiger partial charge in [0, 0.05) is 13.2 Å². The summed E-state index contributed by atoms with van der Waals surface area (Å²) in [5, 5.41) is 8.99. The summed E-state index contributed by atoms with van der Waals surface area (Å²) in [6.07, 6.45) is 1.65. The van der Waals surface area contributed by atoms with Gasteiger partial charge in [-0.1, -0.05) is 0 Å². The molecule has 1 aromatic rings. The molecule has 4 N–H and O–H groups in total. The molecular weight excluding hydrogens is 210 g/mol. The fourth-order valence-corrected chi connectivity index (χ4v) is 1.08. The van der Waals surface area contributed by atoms with Crippen molar-refractivity contribution < 1.29 is 9.59 Å². The molecule has 88 valence electrons. The molecule has 0 saturated carbocycles. The second-order valence-corrected chi connectivity index (χ2v) is 3.20. The molecule has 0 unspecified atom stereocenters. The quantitative estimate of drug-likeness (QED) is 0.545. The Kier molecular flexibility index (Phi) is 4.46. The molecule has 0 aliphatic heterocycles. The number of hydrogen-bond acceptors (Lipinski definition) is 4. The van der Waals surface area contributed by atoms with E-state index in [0.717, 1.165) is 5.69 Å². The van der Waals surface area contributed by atoms with Crippen LogP contribution in [-0.2, 0) is 23.2 Å². The van der Waals surface area contributed by atoms with Crippen LogP contribution in [0.3, 0.4) is 0 Å². The van der Waals surface area contributed by atoms with Gasteiger partial charge in [0.2, 0.25) is 11.8 Å². The van der Waals surface area contributed by atoms with Gasteiger partial charge < -0.3 is 16.4 Å². The maximum Gasteiger partial charge on any atom is 0.239 e. The molecule has 1 aromatic heterocycles. The van der Waals surface area contributed by atoms with Gasteiger partial charge in [-0.2, -0.15) is 5.10 Å². The van der Waals surface area contributed by atoms with Crippen molar-refractivity contribution in [3.8, 4) is 0 Å². The Morgan fingerprint density at radius 2 is 2.19 bits per heavy atom. The highest BCUT2D eigenvalue weighted by atomic mass is 16.2. The van der Waals surface area contributed by atoms with E-state index >= 15 is 0 Å². The van der Waals surface area contributed by atoms with Gasteiger partial charge in [-0.25, -0.2) is 0 Å². The van der Waals surface area contributed by atoms with E-state index in [9.17, 15) is 9.59 Å². The SMILES string of the molecule is Cn1nccc1CNC(=O)CNC(=O)CN. The van der Waals surface area contributed by atoms with Crippen LogP contribution in [0.25, 0.3) is 0 Å². The van der Waals surface area contributed by atoms with Gasteiger partial charge in [0.05, 0.1) is 25.3 Å². The molecule has 0 aliphatic carbocycles. The minimum Gasteiger partial charge on any atom is -0.349 e. The predicted molar refractivity (Wildman–Crippen MR) is 57.1 cm³/mol. The molecule has 0 fully saturated rings. The lowest BCUT2D eigenvalue weighted by molar-refractivity contribution is -0.125. The van der Waals surface area contributed by atoms with E-state index in [-0.39, 0.29) is 24.9 Å². The fourth-order valence-electron chi connectivity index (χ4n) is 1.08. The van der Waals surface area contributed by atoms with Crippen molar-refractivity contribution in [2.24, 2.45) is 12.8 Å². The zero-order valence-corrected chi connectivity index (χ0v) is 9.06. The summed E-state index contributed by atoms with van der Waals surface area (Å²) in [4.78, 5) is 22.0. The molecule has 1 heterocycles. The molecule has 0 bridgehead atoms. The third-order valence-corrected chi connectivity index (χ3v) is 2.02. The molecule has 0 aliphatic rings. The normalized spacial score (nSPS) is 9.88. The molecule has 0 spiro atoms. The zero-order chi connectivity index (χ0) is 12.0. The Hall–Kier alpha value is -1.89. The second kappa shape index (κ2) is 5.86. The smallest absolute Gasteiger partial charge is 0.239 e. The maximum atomic E-state index is 11.3. The van der Waals surface area contributed by atoms with Gasteiger partial charge in [-0.15, -0.1) is 0 Å². The number of amides is 2. The van der Waals surface area contributed by atoms with Crippen molar-refractivity contribution in [1.29, 1.82) is 0 Å². The summed E-state index contributed by atoms with van der Waals surface area (Å²) in [5.41, 5.74) is 5.96. The second-order valence-electron chi connectivity index (χ2n) is 3.20. The van der Waals surface area contributed by atoms with Crippen molar-refractivity contribution in [2.45, 2.75) is 6.54 Å². The maximum absolute atomic E-state index is 11.3. The van der Waals surface area contributed by atoms with Crippen molar-refractivity contribution in [3.63, 3.8) is 0 Å². The first-order valence-electron chi connectivity index (χ1n) is 4.84. The van der Waals surface area contributed by atoms with Crippen LogP contribution in [0.5, 0.6) is 0 Å². The number of nitrogens with zero attached hydrogens (tertiary/aromatic N) is 2. The van der Waals surface area contributed by atoms with Gasteiger partial charge >= 0.3 is 0 Å². The fraction of sp³-hybridized carbons (Fsp3) is 0.444. The summed E-state index contributed by atoms with van der Waals surface area (Å²) in [6, 6.07) is 1.80. The van der Waals surface area contributed by atoms with E-state index < -0.39 is 0 Å². The molecule has 0 radical (unpaired) electrons. The number of carbonyl (C=O) groups is 2. The standard InChI is InChI=1S/C9H15N5O2/c1-14-7(2-3-13-14)5-11-9(16)6-12-8(15)4-10/h2-3H,4-6,10H2,1H3,(H,11,16)(H,12,15). The van der Waals surface area contributed by atoms with Crippen LogP contribution in [0.15, 0.2) is 12.3 Å². The van der Waals surface area contributed by atoms with Crippen LogP contribution in [0.4, 0.5) is 0 Å². The number of rotatable bonds is 5. The number of aromatic nitrogens is 2. The Morgan fingerprint density at radius 1 is 1.44 bits per heavy atom. The molecule has 2 amide bonds. The highest BCUT2D eigenvalue weighted by Crippen LogP contribution is 1.94. The first-order valence-corrected chi connectivity index (χ1v) is 4.84. The number of nitrogens with one attached hydrogen (secondary N) is 2. The number of aryl methyl sites for hydroxylation is 1. The minimum absolute atomic E-state index is 0.0616. The summed E-state index contributed by atoms with van der Waals surface area (Å²) in [5.74, 6) is -0.612. The molecule has 16 heavy (non-hydrogen) atoms. The Morgan fingerprint density at radius 3 is 2.75 bits per heavy atom. The average Bonchev–Trinajstić information content (AvgIpc) is 2.69. The van der Waals surface area contributed by atoms with Gasteiger partial charge in [0.25, 0.3) is 0 Å². The number of nitrogens with two attached hydrogens (primary N) is 1. The van der Waals surface area contributed by atoms with E-state index in [2.05, 4.69) is 15.7 Å². The van der Waals surface area contributed by atoms with Crippen LogP contribution in [0.1, 0.15) is 5.69 Å². The van der Waals surface area contributed by atoms with Crippen molar-refractivity contribution in [1.82, 2.24) is 20.4 Å². The molecule has 7 heteroatoms. The topological polar surface area (TPSA) is 102 Å². The monoisotopic (exact) mass is 225 g/mol. The average molecular weight is 225 g/mol. The largest absolute Gasteiger partial charge is 0.349 e. The third-order valence-electron chi connectivity index (χ3n) is 2.02. The lowest BCUT2D eigenvalue weighted by Gasteiger charge is -2.06. The minimum atomic E-state index is -0.351. The first-order chi connectivity index (χ1) is 7.63. The van der Waals surface area contributed by atoms with Crippen molar-refractivity contribution in [2.75, 3.05) is 13.1 Å². The first kappa shape index (κ1) is 12.2. The molecule has 1 rings (SSSR count). The van der Waals surface area contributed by atoms with Crippen LogP contribution in [-0.4, -0.2) is 34.7 Å². The van der Waals surface area contributed by atoms with Crippen molar-refractivity contribution >= 4 is 11.8 Å². The van der Waals surface area contributed by atoms with Crippen LogP contribution < -0.4 is 16.4 Å². The van der Waals surface area contributed by atoms with E-state index in [1.54, 1.807) is 24.0 Å². The predicted octanol–water partition coefficient (Wildman–Crippen LogP) is -1.89. The molecule has 0 aromatic carbocycles. The summed E-state index contributed by atoms with van der Waals surface area (Å²) < 4.78 is 1.67.